The molecule has 0 spiro atoms. The van der Waals surface area contributed by atoms with Gasteiger partial charge in [-0.05, 0) is 37.1 Å². The molecule has 26 heavy (non-hydrogen) atoms. The first-order valence-electron chi connectivity index (χ1n) is 8.46. The third-order valence-corrected chi connectivity index (χ3v) is 5.10. The minimum Gasteiger partial charge on any atom is -0.361 e. The van der Waals surface area contributed by atoms with E-state index in [-0.39, 0.29) is 12.5 Å². The SMILES string of the molecule is Cc1noc(C)c1CN1C(=O)NC(C)(c2cccc3ccccc23)C1=O. The van der Waals surface area contributed by atoms with Crippen molar-refractivity contribution >= 4 is 22.7 Å². The zero-order valence-corrected chi connectivity index (χ0v) is 14.9. The molecule has 1 saturated heterocycles. The predicted molar refractivity (Wildman–Crippen MR) is 96.4 cm³/mol. The van der Waals surface area contributed by atoms with Crippen molar-refractivity contribution in [2.24, 2.45) is 0 Å². The van der Waals surface area contributed by atoms with Crippen molar-refractivity contribution in [1.29, 1.82) is 0 Å². The maximum atomic E-state index is 13.2. The Kier molecular flexibility index (Phi) is 3.57. The van der Waals surface area contributed by atoms with Crippen molar-refractivity contribution in [2.75, 3.05) is 0 Å². The lowest BCUT2D eigenvalue weighted by molar-refractivity contribution is -0.131. The van der Waals surface area contributed by atoms with Crippen molar-refractivity contribution < 1.29 is 14.1 Å². The van der Waals surface area contributed by atoms with Crippen molar-refractivity contribution in [3.8, 4) is 0 Å². The summed E-state index contributed by atoms with van der Waals surface area (Å²) in [6.07, 6.45) is 0. The summed E-state index contributed by atoms with van der Waals surface area (Å²) in [5, 5.41) is 8.75. The molecule has 1 atom stereocenters. The highest BCUT2D eigenvalue weighted by atomic mass is 16.5. The van der Waals surface area contributed by atoms with Crippen LogP contribution < -0.4 is 5.32 Å². The molecule has 1 aliphatic rings. The van der Waals surface area contributed by atoms with Gasteiger partial charge < -0.3 is 9.84 Å². The van der Waals surface area contributed by atoms with Crippen molar-refractivity contribution in [3.05, 3.63) is 65.0 Å². The quantitative estimate of drug-likeness (QED) is 0.735. The first kappa shape index (κ1) is 16.3. The fourth-order valence-corrected chi connectivity index (χ4v) is 3.57. The van der Waals surface area contributed by atoms with Crippen LogP contribution in [0.1, 0.15) is 29.5 Å². The predicted octanol–water partition coefficient (Wildman–Crippen LogP) is 3.41. The van der Waals surface area contributed by atoms with E-state index in [1.165, 1.54) is 4.90 Å². The Balaban J connectivity index is 1.76. The van der Waals surface area contributed by atoms with E-state index in [1.807, 2.05) is 42.5 Å². The topological polar surface area (TPSA) is 75.4 Å². The molecule has 3 aromatic rings. The zero-order chi connectivity index (χ0) is 18.5. The number of aromatic nitrogens is 1. The molecule has 0 aliphatic carbocycles. The molecule has 0 radical (unpaired) electrons. The van der Waals surface area contributed by atoms with E-state index in [4.69, 9.17) is 4.52 Å². The maximum Gasteiger partial charge on any atom is 0.325 e. The average molecular weight is 349 g/mol. The van der Waals surface area contributed by atoms with Gasteiger partial charge in [-0.2, -0.15) is 0 Å². The van der Waals surface area contributed by atoms with Gasteiger partial charge in [0.25, 0.3) is 5.91 Å². The van der Waals surface area contributed by atoms with Crippen LogP contribution >= 0.6 is 0 Å². The Bertz CT molecular complexity index is 1010. The van der Waals surface area contributed by atoms with Crippen LogP contribution in [0.25, 0.3) is 10.8 Å². The van der Waals surface area contributed by atoms with Crippen molar-refractivity contribution in [1.82, 2.24) is 15.4 Å². The van der Waals surface area contributed by atoms with Crippen LogP contribution in [0.5, 0.6) is 0 Å². The molecule has 6 heteroatoms. The lowest BCUT2D eigenvalue weighted by atomic mass is 9.87. The van der Waals surface area contributed by atoms with Crippen LogP contribution in [0.3, 0.4) is 0 Å². The molecule has 6 nitrogen and oxygen atoms in total. The van der Waals surface area contributed by atoms with Gasteiger partial charge in [-0.25, -0.2) is 4.79 Å². The fraction of sp³-hybridized carbons (Fsp3) is 0.250. The Morgan fingerprint density at radius 3 is 2.58 bits per heavy atom. The number of carbonyl (C=O) groups excluding carboxylic acids is 2. The first-order chi connectivity index (χ1) is 12.4. The van der Waals surface area contributed by atoms with Gasteiger partial charge in [0, 0.05) is 5.56 Å². The third kappa shape index (κ3) is 2.29. The lowest BCUT2D eigenvalue weighted by Gasteiger charge is -2.24. The smallest absolute Gasteiger partial charge is 0.325 e. The van der Waals surface area contributed by atoms with Gasteiger partial charge in [-0.3, -0.25) is 9.69 Å². The van der Waals surface area contributed by atoms with Crippen LogP contribution in [-0.4, -0.2) is 22.0 Å². The number of nitrogens with zero attached hydrogens (tertiary/aromatic N) is 2. The van der Waals surface area contributed by atoms with E-state index in [2.05, 4.69) is 10.5 Å². The number of rotatable bonds is 3. The number of benzene rings is 2. The first-order valence-corrected chi connectivity index (χ1v) is 8.46. The number of amides is 3. The minimum absolute atomic E-state index is 0.145. The van der Waals surface area contributed by atoms with Gasteiger partial charge in [-0.15, -0.1) is 0 Å². The average Bonchev–Trinajstić information content (AvgIpc) is 3.06. The molecule has 132 valence electrons. The van der Waals surface area contributed by atoms with E-state index in [1.54, 1.807) is 20.8 Å². The van der Waals surface area contributed by atoms with Crippen LogP contribution in [0, 0.1) is 13.8 Å². The second-order valence-electron chi connectivity index (χ2n) is 6.78. The second kappa shape index (κ2) is 5.69. The summed E-state index contributed by atoms with van der Waals surface area (Å²) in [6, 6.07) is 13.2. The van der Waals surface area contributed by atoms with Gasteiger partial charge in [0.05, 0.1) is 12.2 Å². The summed E-state index contributed by atoms with van der Waals surface area (Å²) in [7, 11) is 0. The Morgan fingerprint density at radius 1 is 1.12 bits per heavy atom. The number of hydrogen-bond donors (Lipinski definition) is 1. The van der Waals surface area contributed by atoms with E-state index in [0.717, 1.165) is 21.9 Å². The number of fused-ring (bicyclic) bond motifs is 1. The van der Waals surface area contributed by atoms with Crippen LogP contribution in [-0.2, 0) is 16.9 Å². The largest absolute Gasteiger partial charge is 0.361 e. The monoisotopic (exact) mass is 349 g/mol. The standard InChI is InChI=1S/C20H19N3O3/c1-12-16(13(2)26-22-12)11-23-18(24)20(3,21-19(23)25)17-10-6-8-14-7-4-5-9-15(14)17/h4-10H,11H2,1-3H3,(H,21,25). The number of urea groups is 1. The van der Waals surface area contributed by atoms with Crippen LogP contribution in [0.2, 0.25) is 0 Å². The summed E-state index contributed by atoms with van der Waals surface area (Å²) in [4.78, 5) is 27.1. The van der Waals surface area contributed by atoms with Crippen molar-refractivity contribution in [3.63, 3.8) is 0 Å². The molecule has 1 unspecified atom stereocenters. The van der Waals surface area contributed by atoms with Gasteiger partial charge in [-0.1, -0.05) is 47.6 Å². The third-order valence-electron chi connectivity index (χ3n) is 5.10. The molecule has 1 N–H and O–H groups in total. The minimum atomic E-state index is -1.11. The van der Waals surface area contributed by atoms with Crippen LogP contribution in [0.4, 0.5) is 4.79 Å². The van der Waals surface area contributed by atoms with E-state index in [0.29, 0.717) is 11.5 Å². The highest BCUT2D eigenvalue weighted by Gasteiger charge is 2.49. The molecule has 1 aliphatic heterocycles. The normalized spacial score (nSPS) is 20.0. The van der Waals surface area contributed by atoms with Gasteiger partial charge in [0.2, 0.25) is 0 Å². The molecule has 0 saturated carbocycles. The summed E-state index contributed by atoms with van der Waals surface area (Å²) in [5.41, 5.74) is 1.12. The van der Waals surface area contributed by atoms with Gasteiger partial charge >= 0.3 is 6.03 Å². The molecule has 1 fully saturated rings. The number of aryl methyl sites for hydroxylation is 2. The number of nitrogens with one attached hydrogen (secondary N) is 1. The number of imide groups is 1. The summed E-state index contributed by atoms with van der Waals surface area (Å²) < 4.78 is 5.15. The van der Waals surface area contributed by atoms with E-state index < -0.39 is 11.6 Å². The molecule has 1 aromatic heterocycles. The number of hydrogen-bond acceptors (Lipinski definition) is 4. The Hall–Kier alpha value is -3.15. The van der Waals surface area contributed by atoms with Gasteiger partial charge in [0.15, 0.2) is 0 Å². The Morgan fingerprint density at radius 2 is 1.85 bits per heavy atom. The highest BCUT2D eigenvalue weighted by molar-refractivity contribution is 6.09. The molecular formula is C20H19N3O3. The maximum absolute atomic E-state index is 13.2. The van der Waals surface area contributed by atoms with E-state index in [9.17, 15) is 9.59 Å². The number of carbonyl (C=O) groups is 2. The highest BCUT2D eigenvalue weighted by Crippen LogP contribution is 2.34. The molecular weight excluding hydrogens is 330 g/mol. The lowest BCUT2D eigenvalue weighted by Crippen LogP contribution is -2.41. The molecule has 3 amide bonds. The van der Waals surface area contributed by atoms with Crippen LogP contribution in [0.15, 0.2) is 47.0 Å². The fourth-order valence-electron chi connectivity index (χ4n) is 3.57. The molecule has 4 rings (SSSR count). The molecule has 0 bridgehead atoms. The summed E-state index contributed by atoms with van der Waals surface area (Å²) in [6.45, 7) is 5.47. The van der Waals surface area contributed by atoms with Gasteiger partial charge in [0.1, 0.15) is 11.3 Å². The summed E-state index contributed by atoms with van der Waals surface area (Å²) >= 11 is 0. The summed E-state index contributed by atoms with van der Waals surface area (Å²) in [5.74, 6) is 0.334. The second-order valence-corrected chi connectivity index (χ2v) is 6.78. The molecule has 2 heterocycles. The van der Waals surface area contributed by atoms with Crippen molar-refractivity contribution in [2.45, 2.75) is 32.9 Å². The zero-order valence-electron chi connectivity index (χ0n) is 14.9. The Labute approximate surface area is 150 Å². The molecule has 2 aromatic carbocycles. The van der Waals surface area contributed by atoms with E-state index >= 15 is 0 Å².